The molecule has 5 heteroatoms. The van der Waals surface area contributed by atoms with Crippen molar-refractivity contribution in [2.75, 3.05) is 19.6 Å². The van der Waals surface area contributed by atoms with E-state index in [1.165, 1.54) is 10.6 Å². The second kappa shape index (κ2) is 6.24. The predicted octanol–water partition coefficient (Wildman–Crippen LogP) is 2.09. The third-order valence-electron chi connectivity index (χ3n) is 5.04. The van der Waals surface area contributed by atoms with Crippen LogP contribution in [0.4, 0.5) is 0 Å². The molecule has 4 heterocycles. The minimum atomic E-state index is -0.349. The van der Waals surface area contributed by atoms with Crippen molar-refractivity contribution in [2.45, 2.75) is 18.9 Å². The average molecular weight is 324 g/mol. The molecule has 1 aromatic carbocycles. The maximum atomic E-state index is 12.5. The minimum absolute atomic E-state index is 0.0305. The van der Waals surface area contributed by atoms with Gasteiger partial charge in [0, 0.05) is 24.5 Å². The van der Waals surface area contributed by atoms with E-state index < -0.39 is 0 Å². The lowest BCUT2D eigenvalue weighted by Gasteiger charge is -2.43. The van der Waals surface area contributed by atoms with Crippen LogP contribution in [0.1, 0.15) is 23.2 Å². The smallest absolute Gasteiger partial charge is 0.339 e. The van der Waals surface area contributed by atoms with E-state index in [2.05, 4.69) is 4.90 Å². The second-order valence-electron chi connectivity index (χ2n) is 6.54. The molecule has 3 fully saturated rings. The fourth-order valence-corrected chi connectivity index (χ4v) is 3.65. The van der Waals surface area contributed by atoms with Crippen LogP contribution in [0.25, 0.3) is 5.69 Å². The van der Waals surface area contributed by atoms with Gasteiger partial charge in [0.2, 0.25) is 0 Å². The number of carbonyl (C=O) groups is 1. The van der Waals surface area contributed by atoms with E-state index in [1.807, 2.05) is 30.3 Å². The van der Waals surface area contributed by atoms with Crippen LogP contribution in [0, 0.1) is 5.92 Å². The van der Waals surface area contributed by atoms with Crippen molar-refractivity contribution in [3.63, 3.8) is 0 Å². The van der Waals surface area contributed by atoms with Crippen LogP contribution in [0.3, 0.4) is 0 Å². The lowest BCUT2D eigenvalue weighted by molar-refractivity contribution is -0.0456. The lowest BCUT2D eigenvalue weighted by Crippen LogP contribution is -2.51. The van der Waals surface area contributed by atoms with Crippen molar-refractivity contribution in [3.8, 4) is 5.69 Å². The molecule has 124 valence electrons. The Kier molecular flexibility index (Phi) is 3.94. The monoisotopic (exact) mass is 324 g/mol. The van der Waals surface area contributed by atoms with Gasteiger partial charge in [0.1, 0.15) is 6.10 Å². The first-order valence-electron chi connectivity index (χ1n) is 8.42. The van der Waals surface area contributed by atoms with Gasteiger partial charge in [0.15, 0.2) is 0 Å². The molecule has 3 saturated heterocycles. The molecule has 2 bridgehead atoms. The molecule has 5 nitrogen and oxygen atoms in total. The zero-order chi connectivity index (χ0) is 16.5. The number of pyridine rings is 1. The van der Waals surface area contributed by atoms with Crippen LogP contribution in [-0.4, -0.2) is 41.2 Å². The van der Waals surface area contributed by atoms with Crippen molar-refractivity contribution < 1.29 is 9.53 Å². The Morgan fingerprint density at radius 1 is 1.04 bits per heavy atom. The highest BCUT2D eigenvalue weighted by molar-refractivity contribution is 5.89. The van der Waals surface area contributed by atoms with E-state index in [-0.39, 0.29) is 17.6 Å². The zero-order valence-electron chi connectivity index (χ0n) is 13.4. The first kappa shape index (κ1) is 15.1. The molecular formula is C19H20N2O3. The van der Waals surface area contributed by atoms with Crippen LogP contribution in [0.2, 0.25) is 0 Å². The number of hydrogen-bond donors (Lipinski definition) is 0. The van der Waals surface area contributed by atoms with E-state index in [0.717, 1.165) is 38.2 Å². The van der Waals surface area contributed by atoms with Crippen LogP contribution in [0.5, 0.6) is 0 Å². The highest BCUT2D eigenvalue weighted by Crippen LogP contribution is 2.30. The van der Waals surface area contributed by atoms with Crippen molar-refractivity contribution in [1.29, 1.82) is 0 Å². The molecular weight excluding hydrogens is 304 g/mol. The first-order chi connectivity index (χ1) is 11.7. The summed E-state index contributed by atoms with van der Waals surface area (Å²) in [6.07, 6.45) is 3.74. The number of ether oxygens (including phenoxy) is 1. The minimum Gasteiger partial charge on any atom is -0.457 e. The van der Waals surface area contributed by atoms with Crippen LogP contribution in [-0.2, 0) is 4.74 Å². The Balaban J connectivity index is 1.56. The molecule has 0 N–H and O–H groups in total. The molecule has 5 rings (SSSR count). The quantitative estimate of drug-likeness (QED) is 0.811. The van der Waals surface area contributed by atoms with Gasteiger partial charge >= 0.3 is 5.97 Å². The van der Waals surface area contributed by atoms with E-state index >= 15 is 0 Å². The van der Waals surface area contributed by atoms with E-state index in [4.69, 9.17) is 4.74 Å². The number of carbonyl (C=O) groups excluding carboxylic acids is 1. The van der Waals surface area contributed by atoms with Crippen molar-refractivity contribution in [3.05, 3.63) is 64.6 Å². The molecule has 3 aliphatic heterocycles. The number of aromatic nitrogens is 1. The molecule has 0 spiro atoms. The first-order valence-corrected chi connectivity index (χ1v) is 8.42. The fourth-order valence-electron chi connectivity index (χ4n) is 3.65. The summed E-state index contributed by atoms with van der Waals surface area (Å²) in [6, 6.07) is 12.2. The molecule has 0 saturated carbocycles. The van der Waals surface area contributed by atoms with E-state index in [1.54, 1.807) is 12.3 Å². The second-order valence-corrected chi connectivity index (χ2v) is 6.54. The van der Waals surface area contributed by atoms with E-state index in [9.17, 15) is 9.59 Å². The largest absolute Gasteiger partial charge is 0.457 e. The van der Waals surface area contributed by atoms with Gasteiger partial charge in [-0.1, -0.05) is 18.2 Å². The van der Waals surface area contributed by atoms with Gasteiger partial charge in [0.05, 0.1) is 5.56 Å². The Hall–Kier alpha value is -2.40. The summed E-state index contributed by atoms with van der Waals surface area (Å²) in [4.78, 5) is 27.0. The zero-order valence-corrected chi connectivity index (χ0v) is 13.4. The molecule has 24 heavy (non-hydrogen) atoms. The molecule has 3 aliphatic rings. The Morgan fingerprint density at radius 2 is 1.79 bits per heavy atom. The third kappa shape index (κ3) is 2.87. The molecule has 0 radical (unpaired) electrons. The Morgan fingerprint density at radius 3 is 2.46 bits per heavy atom. The standard InChI is InChI=1S/C19H20N2O3/c22-18-7-6-15(12-21(18)16-4-2-1-3-5-16)19(23)24-17-13-20-10-8-14(17)9-11-20/h1-7,12,14,17H,8-11,13H2. The summed E-state index contributed by atoms with van der Waals surface area (Å²) in [5.41, 5.74) is 0.982. The highest BCUT2D eigenvalue weighted by Gasteiger charge is 2.36. The van der Waals surface area contributed by atoms with Gasteiger partial charge in [0.25, 0.3) is 5.56 Å². The molecule has 0 amide bonds. The maximum absolute atomic E-state index is 12.5. The van der Waals surface area contributed by atoms with Crippen LogP contribution < -0.4 is 5.56 Å². The van der Waals surface area contributed by atoms with Crippen LogP contribution >= 0.6 is 0 Å². The summed E-state index contributed by atoms with van der Waals surface area (Å²) < 4.78 is 7.23. The van der Waals surface area contributed by atoms with Gasteiger partial charge in [-0.05, 0) is 50.0 Å². The summed E-state index contributed by atoms with van der Waals surface area (Å²) in [7, 11) is 0. The van der Waals surface area contributed by atoms with Crippen LogP contribution in [0.15, 0.2) is 53.5 Å². The Labute approximate surface area is 140 Å². The number of benzene rings is 1. The molecule has 1 atom stereocenters. The van der Waals surface area contributed by atoms with Gasteiger partial charge in [-0.3, -0.25) is 14.3 Å². The van der Waals surface area contributed by atoms with Crippen molar-refractivity contribution in [1.82, 2.24) is 9.47 Å². The predicted molar refractivity (Wildman–Crippen MR) is 90.4 cm³/mol. The number of piperidine rings is 3. The fraction of sp³-hybridized carbons (Fsp3) is 0.368. The highest BCUT2D eigenvalue weighted by atomic mass is 16.5. The summed E-state index contributed by atoms with van der Waals surface area (Å²) in [5.74, 6) is 0.123. The molecule has 0 aliphatic carbocycles. The lowest BCUT2D eigenvalue weighted by atomic mass is 9.86. The summed E-state index contributed by atoms with van der Waals surface area (Å²) in [5, 5.41) is 0. The summed E-state index contributed by atoms with van der Waals surface area (Å²) in [6.45, 7) is 3.05. The topological polar surface area (TPSA) is 51.5 Å². The van der Waals surface area contributed by atoms with Gasteiger partial charge in [-0.15, -0.1) is 0 Å². The SMILES string of the molecule is O=C(OC1CN2CCC1CC2)c1ccc(=O)n(-c2ccccc2)c1. The number of fused-ring (bicyclic) bond motifs is 3. The average Bonchev–Trinajstić information content (AvgIpc) is 2.64. The normalized spacial score (nSPS) is 25.4. The van der Waals surface area contributed by atoms with Gasteiger partial charge < -0.3 is 4.74 Å². The molecule has 1 unspecified atom stereocenters. The number of hydrogen-bond acceptors (Lipinski definition) is 4. The maximum Gasteiger partial charge on any atom is 0.339 e. The molecule has 2 aromatic rings. The number of rotatable bonds is 3. The van der Waals surface area contributed by atoms with Gasteiger partial charge in [-0.25, -0.2) is 4.79 Å². The van der Waals surface area contributed by atoms with Gasteiger partial charge in [-0.2, -0.15) is 0 Å². The van der Waals surface area contributed by atoms with Crippen molar-refractivity contribution in [2.24, 2.45) is 5.92 Å². The van der Waals surface area contributed by atoms with E-state index in [0.29, 0.717) is 11.5 Å². The summed E-state index contributed by atoms with van der Waals surface area (Å²) >= 11 is 0. The Bertz CT molecular complexity index is 792. The third-order valence-corrected chi connectivity index (χ3v) is 5.04. The number of esters is 1. The molecule has 1 aromatic heterocycles. The van der Waals surface area contributed by atoms with Crippen molar-refractivity contribution >= 4 is 5.97 Å². The number of nitrogens with zero attached hydrogens (tertiary/aromatic N) is 2. The number of para-hydroxylation sites is 1.